The van der Waals surface area contributed by atoms with Gasteiger partial charge < -0.3 is 0 Å². The Kier molecular flexibility index (Phi) is 7.39. The molecule has 0 saturated heterocycles. The molecule has 0 unspecified atom stereocenters. The van der Waals surface area contributed by atoms with Crippen LogP contribution in [0, 0.1) is 0 Å². The van der Waals surface area contributed by atoms with Crippen LogP contribution in [0.15, 0.2) is 194 Å². The van der Waals surface area contributed by atoms with Crippen molar-refractivity contribution in [1.82, 2.24) is 9.97 Å². The van der Waals surface area contributed by atoms with Crippen molar-refractivity contribution >= 4 is 63.8 Å². The van der Waals surface area contributed by atoms with Gasteiger partial charge in [-0.25, -0.2) is 9.97 Å². The number of aromatic nitrogens is 2. The standard InChI is InChI=1S/C52H32N2S/c1-2-11-33(12-3-1)37-15-10-16-39(29-37)47-32-48(40-26-28-50-46(31-40)43-19-8-9-20-49(43)55-50)54-52(53-47)36-23-21-35(22-24-36)51-42-18-7-5-14-38(42)30-45-41-17-6-4-13-34(41)25-27-44(45)51/h1-32H. The second-order valence-electron chi connectivity index (χ2n) is 14.1. The van der Waals surface area contributed by atoms with Gasteiger partial charge >= 0.3 is 0 Å². The van der Waals surface area contributed by atoms with E-state index in [0.29, 0.717) is 5.82 Å². The van der Waals surface area contributed by atoms with E-state index in [2.05, 4.69) is 194 Å². The number of hydrogen-bond donors (Lipinski definition) is 0. The molecule has 2 heterocycles. The molecule has 2 aromatic heterocycles. The molecule has 9 aromatic carbocycles. The van der Waals surface area contributed by atoms with E-state index < -0.39 is 0 Å². The van der Waals surface area contributed by atoms with E-state index in [0.717, 1.165) is 33.6 Å². The van der Waals surface area contributed by atoms with Crippen LogP contribution in [0.5, 0.6) is 0 Å². The van der Waals surface area contributed by atoms with Crippen molar-refractivity contribution < 1.29 is 0 Å². The van der Waals surface area contributed by atoms with Crippen LogP contribution in [-0.2, 0) is 0 Å². The number of nitrogens with zero attached hydrogens (tertiary/aromatic N) is 2. The van der Waals surface area contributed by atoms with Gasteiger partial charge in [-0.2, -0.15) is 0 Å². The molecule has 256 valence electrons. The minimum absolute atomic E-state index is 0.702. The number of rotatable bonds is 5. The second kappa shape index (κ2) is 12.9. The highest BCUT2D eigenvalue weighted by Gasteiger charge is 2.16. The van der Waals surface area contributed by atoms with Gasteiger partial charge in [0.2, 0.25) is 0 Å². The van der Waals surface area contributed by atoms with Crippen molar-refractivity contribution in [2.24, 2.45) is 0 Å². The van der Waals surface area contributed by atoms with Crippen molar-refractivity contribution in [1.29, 1.82) is 0 Å². The lowest BCUT2D eigenvalue weighted by atomic mass is 9.89. The molecule has 0 radical (unpaired) electrons. The first kappa shape index (κ1) is 31.6. The van der Waals surface area contributed by atoms with Crippen molar-refractivity contribution in [2.75, 3.05) is 0 Å². The molecule has 2 nitrogen and oxygen atoms in total. The number of hydrogen-bond acceptors (Lipinski definition) is 3. The van der Waals surface area contributed by atoms with Gasteiger partial charge in [-0.15, -0.1) is 11.3 Å². The van der Waals surface area contributed by atoms with Gasteiger partial charge in [-0.1, -0.05) is 158 Å². The van der Waals surface area contributed by atoms with Crippen molar-refractivity contribution in [3.63, 3.8) is 0 Å². The fourth-order valence-electron chi connectivity index (χ4n) is 8.16. The van der Waals surface area contributed by atoms with Gasteiger partial charge in [0.05, 0.1) is 11.4 Å². The summed E-state index contributed by atoms with van der Waals surface area (Å²) in [5.41, 5.74) is 9.65. The molecule has 0 saturated carbocycles. The van der Waals surface area contributed by atoms with Gasteiger partial charge in [0.25, 0.3) is 0 Å². The molecule has 0 N–H and O–H groups in total. The average Bonchev–Trinajstić information content (AvgIpc) is 3.64. The first-order chi connectivity index (χ1) is 27.2. The van der Waals surface area contributed by atoms with Crippen molar-refractivity contribution in [3.05, 3.63) is 194 Å². The highest BCUT2D eigenvalue weighted by molar-refractivity contribution is 7.25. The first-order valence-electron chi connectivity index (χ1n) is 18.6. The largest absolute Gasteiger partial charge is 0.228 e. The predicted molar refractivity (Wildman–Crippen MR) is 235 cm³/mol. The molecular formula is C52H32N2S. The zero-order chi connectivity index (χ0) is 36.3. The van der Waals surface area contributed by atoms with Crippen molar-refractivity contribution in [3.8, 4) is 56.2 Å². The van der Waals surface area contributed by atoms with Gasteiger partial charge in [0, 0.05) is 36.9 Å². The van der Waals surface area contributed by atoms with Crippen LogP contribution in [0.3, 0.4) is 0 Å². The van der Waals surface area contributed by atoms with E-state index in [1.807, 2.05) is 11.3 Å². The molecule has 3 heteroatoms. The van der Waals surface area contributed by atoms with E-state index >= 15 is 0 Å². The Morgan fingerprint density at radius 1 is 0.291 bits per heavy atom. The Balaban J connectivity index is 1.08. The van der Waals surface area contributed by atoms with E-state index in [4.69, 9.17) is 9.97 Å². The lowest BCUT2D eigenvalue weighted by Gasteiger charge is -2.15. The molecule has 0 fully saturated rings. The molecule has 0 amide bonds. The fourth-order valence-corrected chi connectivity index (χ4v) is 9.25. The zero-order valence-electron chi connectivity index (χ0n) is 29.8. The van der Waals surface area contributed by atoms with Crippen LogP contribution in [0.1, 0.15) is 0 Å². The molecule has 0 aliphatic rings. The second-order valence-corrected chi connectivity index (χ2v) is 15.2. The third-order valence-corrected chi connectivity index (χ3v) is 12.0. The maximum Gasteiger partial charge on any atom is 0.160 e. The summed E-state index contributed by atoms with van der Waals surface area (Å²) in [6.07, 6.45) is 0. The molecular weight excluding hydrogens is 685 g/mol. The average molecular weight is 717 g/mol. The molecule has 55 heavy (non-hydrogen) atoms. The summed E-state index contributed by atoms with van der Waals surface area (Å²) in [4.78, 5) is 10.5. The number of benzene rings is 9. The van der Waals surface area contributed by atoms with Crippen LogP contribution in [0.2, 0.25) is 0 Å². The van der Waals surface area contributed by atoms with Crippen LogP contribution in [0.25, 0.3) is 109 Å². The molecule has 0 spiro atoms. The Bertz CT molecular complexity index is 3250. The zero-order valence-corrected chi connectivity index (χ0v) is 30.6. The minimum atomic E-state index is 0.702. The molecule has 11 rings (SSSR count). The summed E-state index contributed by atoms with van der Waals surface area (Å²) in [6.45, 7) is 0. The molecule has 0 bridgehead atoms. The molecule has 0 atom stereocenters. The van der Waals surface area contributed by atoms with E-state index in [1.165, 1.54) is 69.2 Å². The molecule has 0 aliphatic carbocycles. The normalized spacial score (nSPS) is 11.6. The Morgan fingerprint density at radius 2 is 0.909 bits per heavy atom. The first-order valence-corrected chi connectivity index (χ1v) is 19.5. The van der Waals surface area contributed by atoms with Crippen molar-refractivity contribution in [2.45, 2.75) is 0 Å². The van der Waals surface area contributed by atoms with E-state index in [9.17, 15) is 0 Å². The highest BCUT2D eigenvalue weighted by atomic mass is 32.1. The lowest BCUT2D eigenvalue weighted by Crippen LogP contribution is -1.96. The summed E-state index contributed by atoms with van der Waals surface area (Å²) in [5.74, 6) is 0.702. The Morgan fingerprint density at radius 3 is 1.75 bits per heavy atom. The smallest absolute Gasteiger partial charge is 0.160 e. The molecule has 11 aromatic rings. The quantitative estimate of drug-likeness (QED) is 0.131. The third-order valence-electron chi connectivity index (χ3n) is 10.9. The van der Waals surface area contributed by atoms with Gasteiger partial charge in [0.1, 0.15) is 0 Å². The highest BCUT2D eigenvalue weighted by Crippen LogP contribution is 2.41. The monoisotopic (exact) mass is 716 g/mol. The minimum Gasteiger partial charge on any atom is -0.228 e. The maximum atomic E-state index is 5.28. The number of fused-ring (bicyclic) bond motifs is 7. The predicted octanol–water partition coefficient (Wildman–Crippen LogP) is 14.6. The maximum absolute atomic E-state index is 5.28. The molecule has 0 aliphatic heterocycles. The van der Waals surface area contributed by atoms with Crippen LogP contribution in [-0.4, -0.2) is 9.97 Å². The Labute approximate surface area is 322 Å². The lowest BCUT2D eigenvalue weighted by molar-refractivity contribution is 1.18. The fraction of sp³-hybridized carbons (Fsp3) is 0. The van der Waals surface area contributed by atoms with Gasteiger partial charge in [-0.3, -0.25) is 0 Å². The van der Waals surface area contributed by atoms with Crippen LogP contribution >= 0.6 is 11.3 Å². The summed E-state index contributed by atoms with van der Waals surface area (Å²) in [7, 11) is 0. The summed E-state index contributed by atoms with van der Waals surface area (Å²) in [5, 5.41) is 10.0. The van der Waals surface area contributed by atoms with E-state index in [-0.39, 0.29) is 0 Å². The van der Waals surface area contributed by atoms with Crippen LogP contribution < -0.4 is 0 Å². The summed E-state index contributed by atoms with van der Waals surface area (Å²) < 4.78 is 2.57. The summed E-state index contributed by atoms with van der Waals surface area (Å²) in [6, 6.07) is 69.8. The SMILES string of the molecule is c1ccc(-c2cccc(-c3cc(-c4ccc5sc6ccccc6c5c4)nc(-c4ccc(-c5c6ccccc6cc6c5ccc5ccccc56)cc4)n3)c2)cc1. The third kappa shape index (κ3) is 5.48. The Hall–Kier alpha value is -6.94. The van der Waals surface area contributed by atoms with E-state index in [1.54, 1.807) is 0 Å². The number of thiophene rings is 1. The topological polar surface area (TPSA) is 25.8 Å². The van der Waals surface area contributed by atoms with Gasteiger partial charge in [0.15, 0.2) is 5.82 Å². The van der Waals surface area contributed by atoms with Gasteiger partial charge in [-0.05, 0) is 91.0 Å². The van der Waals surface area contributed by atoms with Crippen LogP contribution in [0.4, 0.5) is 0 Å². The summed E-state index contributed by atoms with van der Waals surface area (Å²) >= 11 is 1.83.